The number of amides is 1. The second-order valence-electron chi connectivity index (χ2n) is 8.12. The number of sulfonamides is 1. The van der Waals surface area contributed by atoms with E-state index in [1.807, 2.05) is 23.6 Å². The third-order valence-electron chi connectivity index (χ3n) is 5.78. The van der Waals surface area contributed by atoms with Crippen LogP contribution >= 0.6 is 11.8 Å². The van der Waals surface area contributed by atoms with E-state index in [1.165, 1.54) is 55.3 Å². The monoisotopic (exact) mass is 487 g/mol. The summed E-state index contributed by atoms with van der Waals surface area (Å²) in [4.78, 5) is 19.5. The lowest BCUT2D eigenvalue weighted by atomic mass is 10.2. The van der Waals surface area contributed by atoms with E-state index in [1.54, 1.807) is 6.07 Å². The zero-order chi connectivity index (χ0) is 23.4. The van der Waals surface area contributed by atoms with Gasteiger partial charge in [-0.05, 0) is 62.2 Å². The Kier molecular flexibility index (Phi) is 7.26. The van der Waals surface area contributed by atoms with Crippen LogP contribution in [0.3, 0.4) is 0 Å². The third-order valence-corrected chi connectivity index (χ3v) is 7.67. The zero-order valence-corrected chi connectivity index (χ0v) is 20.3. The molecule has 2 heterocycles. The van der Waals surface area contributed by atoms with Crippen molar-refractivity contribution in [1.29, 1.82) is 0 Å². The lowest BCUT2D eigenvalue weighted by Gasteiger charge is -2.22. The molecule has 1 aliphatic rings. The second kappa shape index (κ2) is 10.1. The van der Waals surface area contributed by atoms with E-state index in [9.17, 15) is 13.2 Å². The SMILES string of the molecule is CCn1c(SCC(=O)Nc2ccc(N3CCCCCC3)cc2)nc2cc(S(N)(=O)=O)ccc21. The predicted octanol–water partition coefficient (Wildman–Crippen LogP) is 3.81. The molecule has 3 N–H and O–H groups in total. The Morgan fingerprint density at radius 1 is 1.09 bits per heavy atom. The molecule has 176 valence electrons. The molecule has 33 heavy (non-hydrogen) atoms. The van der Waals surface area contributed by atoms with Crippen LogP contribution in [-0.4, -0.2) is 42.7 Å². The molecule has 2 aromatic carbocycles. The van der Waals surface area contributed by atoms with Crippen LogP contribution in [0.15, 0.2) is 52.5 Å². The van der Waals surface area contributed by atoms with Crippen LogP contribution in [0.2, 0.25) is 0 Å². The molecular weight excluding hydrogens is 458 g/mol. The fraction of sp³-hybridized carbons (Fsp3) is 0.391. The molecule has 1 aromatic heterocycles. The highest BCUT2D eigenvalue weighted by atomic mass is 32.2. The summed E-state index contributed by atoms with van der Waals surface area (Å²) in [7, 11) is -3.80. The number of hydrogen-bond donors (Lipinski definition) is 2. The van der Waals surface area contributed by atoms with Gasteiger partial charge in [0.2, 0.25) is 15.9 Å². The number of nitrogens with one attached hydrogen (secondary N) is 1. The first kappa shape index (κ1) is 23.6. The van der Waals surface area contributed by atoms with Gasteiger partial charge in [0.05, 0.1) is 21.7 Å². The highest BCUT2D eigenvalue weighted by Crippen LogP contribution is 2.26. The summed E-state index contributed by atoms with van der Waals surface area (Å²) in [5, 5.41) is 8.83. The molecule has 8 nitrogen and oxygen atoms in total. The predicted molar refractivity (Wildman–Crippen MR) is 133 cm³/mol. The number of thioether (sulfide) groups is 1. The van der Waals surface area contributed by atoms with E-state index in [-0.39, 0.29) is 16.6 Å². The van der Waals surface area contributed by atoms with E-state index < -0.39 is 10.0 Å². The van der Waals surface area contributed by atoms with Crippen molar-refractivity contribution in [2.24, 2.45) is 5.14 Å². The zero-order valence-electron chi connectivity index (χ0n) is 18.7. The third kappa shape index (κ3) is 5.69. The first-order valence-electron chi connectivity index (χ1n) is 11.2. The summed E-state index contributed by atoms with van der Waals surface area (Å²) in [6.45, 7) is 4.79. The number of rotatable bonds is 7. The van der Waals surface area contributed by atoms with Crippen molar-refractivity contribution in [2.45, 2.75) is 49.2 Å². The molecule has 1 aliphatic heterocycles. The number of nitrogens with zero attached hydrogens (tertiary/aromatic N) is 3. The quantitative estimate of drug-likeness (QED) is 0.490. The van der Waals surface area contributed by atoms with E-state index in [0.29, 0.717) is 17.2 Å². The van der Waals surface area contributed by atoms with Crippen LogP contribution < -0.4 is 15.4 Å². The summed E-state index contributed by atoms with van der Waals surface area (Å²) in [6, 6.07) is 12.6. The molecule has 1 fully saturated rings. The van der Waals surface area contributed by atoms with E-state index in [0.717, 1.165) is 24.3 Å². The summed E-state index contributed by atoms with van der Waals surface area (Å²) >= 11 is 1.32. The number of primary sulfonamides is 1. The summed E-state index contributed by atoms with van der Waals surface area (Å²) in [6.07, 6.45) is 5.03. The number of nitrogens with two attached hydrogens (primary N) is 1. The Balaban J connectivity index is 1.40. The topological polar surface area (TPSA) is 110 Å². The number of anilines is 2. The normalized spacial score (nSPS) is 14.9. The second-order valence-corrected chi connectivity index (χ2v) is 10.6. The lowest BCUT2D eigenvalue weighted by Crippen LogP contribution is -2.23. The minimum Gasteiger partial charge on any atom is -0.372 e. The van der Waals surface area contributed by atoms with Crippen LogP contribution in [0.4, 0.5) is 11.4 Å². The maximum Gasteiger partial charge on any atom is 0.238 e. The Morgan fingerprint density at radius 2 is 1.79 bits per heavy atom. The molecule has 0 unspecified atom stereocenters. The van der Waals surface area contributed by atoms with Gasteiger partial charge >= 0.3 is 0 Å². The van der Waals surface area contributed by atoms with Crippen molar-refractivity contribution < 1.29 is 13.2 Å². The van der Waals surface area contributed by atoms with E-state index in [2.05, 4.69) is 27.3 Å². The van der Waals surface area contributed by atoms with Gasteiger partial charge in [0.25, 0.3) is 0 Å². The standard InChI is InChI=1S/C23H29N5O3S2/c1-2-28-21-12-11-19(33(24,30)31)15-20(21)26-23(28)32-16-22(29)25-17-7-9-18(10-8-17)27-13-5-3-4-6-14-27/h7-12,15H,2-6,13-14,16H2,1H3,(H,25,29)(H2,24,30,31). The Bertz CT molecular complexity index is 1230. The van der Waals surface area contributed by atoms with E-state index >= 15 is 0 Å². The van der Waals surface area contributed by atoms with Gasteiger partial charge in [0, 0.05) is 31.0 Å². The minimum absolute atomic E-state index is 0.0219. The van der Waals surface area contributed by atoms with Gasteiger partial charge in [0.1, 0.15) is 0 Å². The molecule has 0 saturated carbocycles. The number of imidazole rings is 1. The fourth-order valence-corrected chi connectivity index (χ4v) is 5.50. The fourth-order valence-electron chi connectivity index (χ4n) is 4.09. The number of fused-ring (bicyclic) bond motifs is 1. The van der Waals surface area contributed by atoms with Gasteiger partial charge in [-0.25, -0.2) is 18.5 Å². The molecule has 3 aromatic rings. The first-order chi connectivity index (χ1) is 15.8. The summed E-state index contributed by atoms with van der Waals surface area (Å²) in [5.41, 5.74) is 3.30. The maximum atomic E-state index is 12.5. The molecule has 4 rings (SSSR count). The van der Waals surface area contributed by atoms with Crippen molar-refractivity contribution in [3.63, 3.8) is 0 Å². The summed E-state index contributed by atoms with van der Waals surface area (Å²) in [5.74, 6) is 0.0710. The Labute approximate surface area is 198 Å². The van der Waals surface area contributed by atoms with Crippen LogP contribution in [0, 0.1) is 0 Å². The minimum atomic E-state index is -3.80. The first-order valence-corrected chi connectivity index (χ1v) is 13.7. The highest BCUT2D eigenvalue weighted by molar-refractivity contribution is 7.99. The number of aryl methyl sites for hydroxylation is 1. The summed E-state index contributed by atoms with van der Waals surface area (Å²) < 4.78 is 25.2. The average molecular weight is 488 g/mol. The average Bonchev–Trinajstić information content (AvgIpc) is 2.94. The van der Waals surface area contributed by atoms with Gasteiger partial charge in [0.15, 0.2) is 5.16 Å². The van der Waals surface area contributed by atoms with Crippen molar-refractivity contribution in [3.8, 4) is 0 Å². The van der Waals surface area contributed by atoms with Crippen molar-refractivity contribution in [3.05, 3.63) is 42.5 Å². The van der Waals surface area contributed by atoms with Crippen LogP contribution in [-0.2, 0) is 21.4 Å². The molecule has 0 aliphatic carbocycles. The maximum absolute atomic E-state index is 12.5. The highest BCUT2D eigenvalue weighted by Gasteiger charge is 2.16. The van der Waals surface area contributed by atoms with Gasteiger partial charge in [-0.2, -0.15) is 0 Å². The number of carbonyl (C=O) groups is 1. The molecule has 0 bridgehead atoms. The molecular formula is C23H29N5O3S2. The van der Waals surface area contributed by atoms with Crippen molar-refractivity contribution in [1.82, 2.24) is 9.55 Å². The van der Waals surface area contributed by atoms with Gasteiger partial charge in [-0.15, -0.1) is 0 Å². The van der Waals surface area contributed by atoms with Crippen LogP contribution in [0.5, 0.6) is 0 Å². The molecule has 0 atom stereocenters. The smallest absolute Gasteiger partial charge is 0.238 e. The number of aromatic nitrogens is 2. The largest absolute Gasteiger partial charge is 0.372 e. The van der Waals surface area contributed by atoms with Crippen LogP contribution in [0.1, 0.15) is 32.6 Å². The Hall–Kier alpha value is -2.56. The number of carbonyl (C=O) groups excluding carboxylic acids is 1. The van der Waals surface area contributed by atoms with E-state index in [4.69, 9.17) is 5.14 Å². The molecule has 0 radical (unpaired) electrons. The Morgan fingerprint density at radius 3 is 2.42 bits per heavy atom. The number of benzene rings is 2. The van der Waals surface area contributed by atoms with Crippen LogP contribution in [0.25, 0.3) is 11.0 Å². The molecule has 1 saturated heterocycles. The van der Waals surface area contributed by atoms with Gasteiger partial charge in [-0.1, -0.05) is 24.6 Å². The number of hydrogen-bond acceptors (Lipinski definition) is 6. The molecule has 1 amide bonds. The van der Waals surface area contributed by atoms with Crippen molar-refractivity contribution >= 4 is 50.1 Å². The molecule has 0 spiro atoms. The van der Waals surface area contributed by atoms with Gasteiger partial charge < -0.3 is 14.8 Å². The van der Waals surface area contributed by atoms with Gasteiger partial charge in [-0.3, -0.25) is 4.79 Å². The van der Waals surface area contributed by atoms with Crippen molar-refractivity contribution in [2.75, 3.05) is 29.1 Å². The lowest BCUT2D eigenvalue weighted by molar-refractivity contribution is -0.113. The molecule has 10 heteroatoms.